The monoisotopic (exact) mass is 422 g/mol. The molecule has 0 aliphatic carbocycles. The van der Waals surface area contributed by atoms with Crippen molar-refractivity contribution >= 4 is 42.6 Å². The molecule has 0 saturated heterocycles. The third kappa shape index (κ3) is 4.13. The van der Waals surface area contributed by atoms with Crippen LogP contribution in [0.3, 0.4) is 0 Å². The Morgan fingerprint density at radius 3 is 2.46 bits per heavy atom. The minimum atomic E-state index is -3.57. The highest BCUT2D eigenvalue weighted by Crippen LogP contribution is 2.26. The van der Waals surface area contributed by atoms with Gasteiger partial charge in [0.05, 0.1) is 15.1 Å². The molecule has 0 bridgehead atoms. The first-order chi connectivity index (χ1) is 13.3. The Labute approximate surface area is 166 Å². The molecule has 2 N–H and O–H groups in total. The third-order valence-electron chi connectivity index (χ3n) is 4.09. The molecule has 0 radical (unpaired) electrons. The molecule has 10 heteroatoms. The van der Waals surface area contributed by atoms with E-state index in [4.69, 9.17) is 0 Å². The molecule has 2 aromatic carbocycles. The molecule has 1 aromatic heterocycles. The standard InChI is InChI=1S/C18H19FN4O3S2/c1-3-23(4-2)28(25,26)14-8-5-12(6-9-14)17(24)21-22-18-20-15-10-7-13(19)11-16(15)27-18/h5-11H,3-4H2,1-2H3,(H,20,22)(H,21,24). The lowest BCUT2D eigenvalue weighted by molar-refractivity contribution is 0.0962. The summed E-state index contributed by atoms with van der Waals surface area (Å²) >= 11 is 1.20. The number of hydrogen-bond donors (Lipinski definition) is 2. The number of hydrogen-bond acceptors (Lipinski definition) is 6. The fourth-order valence-corrected chi connectivity index (χ4v) is 4.93. The molecular weight excluding hydrogens is 403 g/mol. The van der Waals surface area contributed by atoms with E-state index in [0.717, 1.165) is 0 Å². The first-order valence-electron chi connectivity index (χ1n) is 8.57. The number of hydrazine groups is 1. The predicted molar refractivity (Wildman–Crippen MR) is 107 cm³/mol. The summed E-state index contributed by atoms with van der Waals surface area (Å²) in [5.74, 6) is -0.802. The second-order valence-corrected chi connectivity index (χ2v) is 8.79. The summed E-state index contributed by atoms with van der Waals surface area (Å²) in [6.07, 6.45) is 0. The number of thiazole rings is 1. The lowest BCUT2D eigenvalue weighted by Crippen LogP contribution is -2.31. The molecule has 3 aromatic rings. The Kier molecular flexibility index (Phi) is 5.92. The van der Waals surface area contributed by atoms with E-state index in [0.29, 0.717) is 28.4 Å². The summed E-state index contributed by atoms with van der Waals surface area (Å²) in [4.78, 5) is 16.7. The first-order valence-corrected chi connectivity index (χ1v) is 10.8. The fraction of sp³-hybridized carbons (Fsp3) is 0.222. The molecule has 0 atom stereocenters. The lowest BCUT2D eigenvalue weighted by atomic mass is 10.2. The molecule has 1 amide bonds. The van der Waals surface area contributed by atoms with Crippen LogP contribution in [0.25, 0.3) is 10.2 Å². The SMILES string of the molecule is CCN(CC)S(=O)(=O)c1ccc(C(=O)NNc2nc3ccc(F)cc3s2)cc1. The van der Waals surface area contributed by atoms with Gasteiger partial charge in [0.2, 0.25) is 15.2 Å². The maximum atomic E-state index is 13.2. The highest BCUT2D eigenvalue weighted by molar-refractivity contribution is 7.89. The average Bonchev–Trinajstić information content (AvgIpc) is 3.09. The van der Waals surface area contributed by atoms with Gasteiger partial charge in [0.25, 0.3) is 5.91 Å². The molecule has 0 aliphatic rings. The van der Waals surface area contributed by atoms with Crippen LogP contribution in [-0.2, 0) is 10.0 Å². The van der Waals surface area contributed by atoms with Crippen molar-refractivity contribution in [1.82, 2.24) is 14.7 Å². The van der Waals surface area contributed by atoms with Gasteiger partial charge < -0.3 is 0 Å². The second-order valence-electron chi connectivity index (χ2n) is 5.82. The molecule has 28 heavy (non-hydrogen) atoms. The van der Waals surface area contributed by atoms with Crippen LogP contribution in [0.2, 0.25) is 0 Å². The molecule has 0 aliphatic heterocycles. The van der Waals surface area contributed by atoms with Crippen LogP contribution in [0.5, 0.6) is 0 Å². The maximum Gasteiger partial charge on any atom is 0.269 e. The number of carbonyl (C=O) groups is 1. The molecule has 0 unspecified atom stereocenters. The summed E-state index contributed by atoms with van der Waals surface area (Å²) in [7, 11) is -3.57. The van der Waals surface area contributed by atoms with Crippen molar-refractivity contribution in [2.24, 2.45) is 0 Å². The van der Waals surface area contributed by atoms with Crippen molar-refractivity contribution in [2.75, 3.05) is 18.5 Å². The topological polar surface area (TPSA) is 91.4 Å². The largest absolute Gasteiger partial charge is 0.273 e. The smallest absolute Gasteiger partial charge is 0.269 e. The Balaban J connectivity index is 1.69. The normalized spacial score (nSPS) is 11.7. The van der Waals surface area contributed by atoms with E-state index < -0.39 is 15.9 Å². The molecule has 3 rings (SSSR count). The number of nitrogens with zero attached hydrogens (tertiary/aromatic N) is 2. The number of carbonyl (C=O) groups excluding carboxylic acids is 1. The fourth-order valence-electron chi connectivity index (χ4n) is 2.63. The minimum Gasteiger partial charge on any atom is -0.273 e. The molecule has 7 nitrogen and oxygen atoms in total. The Hall–Kier alpha value is -2.56. The van der Waals surface area contributed by atoms with Gasteiger partial charge in [-0.25, -0.2) is 17.8 Å². The Morgan fingerprint density at radius 1 is 1.14 bits per heavy atom. The van der Waals surface area contributed by atoms with Gasteiger partial charge in [-0.15, -0.1) is 0 Å². The van der Waals surface area contributed by atoms with E-state index in [1.165, 1.54) is 52.0 Å². The van der Waals surface area contributed by atoms with E-state index in [-0.39, 0.29) is 16.3 Å². The van der Waals surface area contributed by atoms with Gasteiger partial charge in [0, 0.05) is 18.7 Å². The van der Waals surface area contributed by atoms with Crippen LogP contribution in [0.15, 0.2) is 47.4 Å². The van der Waals surface area contributed by atoms with Crippen LogP contribution >= 0.6 is 11.3 Å². The van der Waals surface area contributed by atoms with Crippen molar-refractivity contribution in [1.29, 1.82) is 0 Å². The maximum absolute atomic E-state index is 13.2. The minimum absolute atomic E-state index is 0.133. The van der Waals surface area contributed by atoms with Gasteiger partial charge in [0.1, 0.15) is 5.82 Å². The van der Waals surface area contributed by atoms with Gasteiger partial charge in [-0.1, -0.05) is 25.2 Å². The quantitative estimate of drug-likeness (QED) is 0.571. The zero-order valence-electron chi connectivity index (χ0n) is 15.3. The van der Waals surface area contributed by atoms with Crippen LogP contribution in [0.1, 0.15) is 24.2 Å². The van der Waals surface area contributed by atoms with Gasteiger partial charge in [-0.05, 0) is 42.5 Å². The number of benzene rings is 2. The third-order valence-corrected chi connectivity index (χ3v) is 7.09. The molecular formula is C18H19FN4O3S2. The number of rotatable bonds is 7. The molecule has 148 valence electrons. The Bertz CT molecular complexity index is 1090. The number of halogens is 1. The molecule has 0 saturated carbocycles. The number of aromatic nitrogens is 1. The lowest BCUT2D eigenvalue weighted by Gasteiger charge is -2.18. The van der Waals surface area contributed by atoms with Crippen molar-refractivity contribution < 1.29 is 17.6 Å². The van der Waals surface area contributed by atoms with Crippen LogP contribution < -0.4 is 10.9 Å². The van der Waals surface area contributed by atoms with Gasteiger partial charge in [-0.2, -0.15) is 4.31 Å². The molecule has 0 fully saturated rings. The number of fused-ring (bicyclic) bond motifs is 1. The van der Waals surface area contributed by atoms with Crippen molar-refractivity contribution in [3.05, 3.63) is 53.8 Å². The highest BCUT2D eigenvalue weighted by atomic mass is 32.2. The van der Waals surface area contributed by atoms with Crippen LogP contribution in [-0.4, -0.2) is 36.7 Å². The van der Waals surface area contributed by atoms with E-state index in [9.17, 15) is 17.6 Å². The van der Waals surface area contributed by atoms with Crippen LogP contribution in [0.4, 0.5) is 9.52 Å². The van der Waals surface area contributed by atoms with E-state index in [1.54, 1.807) is 19.9 Å². The number of amides is 1. The summed E-state index contributed by atoms with van der Waals surface area (Å²) in [6.45, 7) is 4.28. The van der Waals surface area contributed by atoms with Crippen molar-refractivity contribution in [3.63, 3.8) is 0 Å². The average molecular weight is 423 g/mol. The zero-order chi connectivity index (χ0) is 20.3. The van der Waals surface area contributed by atoms with Gasteiger partial charge >= 0.3 is 0 Å². The predicted octanol–water partition coefficient (Wildman–Crippen LogP) is 3.22. The van der Waals surface area contributed by atoms with E-state index in [1.807, 2.05) is 0 Å². The summed E-state index contributed by atoms with van der Waals surface area (Å²) in [6, 6.07) is 9.95. The highest BCUT2D eigenvalue weighted by Gasteiger charge is 2.21. The Morgan fingerprint density at radius 2 is 1.82 bits per heavy atom. The number of nitrogens with one attached hydrogen (secondary N) is 2. The molecule has 1 heterocycles. The molecule has 0 spiro atoms. The summed E-state index contributed by atoms with van der Waals surface area (Å²) < 4.78 is 40.2. The number of sulfonamides is 1. The van der Waals surface area contributed by atoms with E-state index in [2.05, 4.69) is 15.8 Å². The van der Waals surface area contributed by atoms with Gasteiger partial charge in [-0.3, -0.25) is 15.6 Å². The van der Waals surface area contributed by atoms with Gasteiger partial charge in [0.15, 0.2) is 0 Å². The summed E-state index contributed by atoms with van der Waals surface area (Å²) in [5.41, 5.74) is 6.10. The second kappa shape index (κ2) is 8.21. The van der Waals surface area contributed by atoms with E-state index >= 15 is 0 Å². The van der Waals surface area contributed by atoms with Crippen molar-refractivity contribution in [2.45, 2.75) is 18.7 Å². The van der Waals surface area contributed by atoms with Crippen LogP contribution in [0, 0.1) is 5.82 Å². The number of anilines is 1. The zero-order valence-corrected chi connectivity index (χ0v) is 16.9. The van der Waals surface area contributed by atoms with Crippen molar-refractivity contribution in [3.8, 4) is 0 Å². The summed E-state index contributed by atoms with van der Waals surface area (Å²) in [5, 5.41) is 0.412. The first kappa shape index (κ1) is 20.2.